The number of hydrogen-bond donors (Lipinski definition) is 1. The van der Waals surface area contributed by atoms with Crippen LogP contribution in [0.5, 0.6) is 11.5 Å². The number of piperidine rings is 1. The fourth-order valence-corrected chi connectivity index (χ4v) is 4.55. The van der Waals surface area contributed by atoms with Crippen molar-refractivity contribution in [2.24, 2.45) is 5.92 Å². The first-order valence-electron chi connectivity index (χ1n) is 12.7. The summed E-state index contributed by atoms with van der Waals surface area (Å²) >= 11 is 0. The second-order valence-electron chi connectivity index (χ2n) is 9.64. The quantitative estimate of drug-likeness (QED) is 0.327. The largest absolute Gasteiger partial charge is 0.455 e. The van der Waals surface area contributed by atoms with Crippen molar-refractivity contribution in [3.8, 4) is 22.9 Å². The molecule has 1 fully saturated rings. The second-order valence-corrected chi connectivity index (χ2v) is 9.64. The van der Waals surface area contributed by atoms with Crippen LogP contribution in [0.4, 0.5) is 11.5 Å². The molecule has 1 atom stereocenters. The van der Waals surface area contributed by atoms with Crippen LogP contribution in [0.3, 0.4) is 0 Å². The summed E-state index contributed by atoms with van der Waals surface area (Å²) in [6, 6.07) is 18.9. The first kappa shape index (κ1) is 24.4. The van der Waals surface area contributed by atoms with E-state index >= 15 is 0 Å². The smallest absolute Gasteiger partial charge is 0.253 e. The summed E-state index contributed by atoms with van der Waals surface area (Å²) in [7, 11) is 0. The number of pyridine rings is 3. The highest BCUT2D eigenvalue weighted by molar-refractivity contribution is 5.95. The van der Waals surface area contributed by atoms with Crippen molar-refractivity contribution in [3.63, 3.8) is 0 Å². The molecule has 1 N–H and O–H groups in total. The molecule has 0 spiro atoms. The van der Waals surface area contributed by atoms with E-state index in [4.69, 9.17) is 9.72 Å². The Morgan fingerprint density at radius 1 is 1.03 bits per heavy atom. The maximum Gasteiger partial charge on any atom is 0.253 e. The van der Waals surface area contributed by atoms with Gasteiger partial charge in [-0.1, -0.05) is 19.1 Å². The highest BCUT2D eigenvalue weighted by Gasteiger charge is 2.22. The molecule has 3 aromatic heterocycles. The van der Waals surface area contributed by atoms with Crippen LogP contribution in [0.1, 0.15) is 41.4 Å². The molecule has 188 valence electrons. The topological polar surface area (TPSA) is 80.2 Å². The molecule has 4 aromatic rings. The normalized spacial score (nSPS) is 15.3. The summed E-state index contributed by atoms with van der Waals surface area (Å²) in [5, 5.41) is 3.31. The lowest BCUT2D eigenvalue weighted by Gasteiger charge is -2.31. The Labute approximate surface area is 217 Å². The molecule has 4 heterocycles. The molecular weight excluding hydrogens is 462 g/mol. The van der Waals surface area contributed by atoms with Crippen LogP contribution >= 0.6 is 0 Å². The van der Waals surface area contributed by atoms with Gasteiger partial charge in [-0.05, 0) is 80.6 Å². The number of likely N-dealkylation sites (tertiary alicyclic amines) is 1. The first-order chi connectivity index (χ1) is 18.0. The van der Waals surface area contributed by atoms with Crippen LogP contribution in [0, 0.1) is 19.8 Å². The van der Waals surface area contributed by atoms with E-state index in [1.807, 2.05) is 73.3 Å². The third kappa shape index (κ3) is 5.77. The van der Waals surface area contributed by atoms with Crippen molar-refractivity contribution in [2.75, 3.05) is 18.4 Å². The van der Waals surface area contributed by atoms with Crippen LogP contribution in [0.25, 0.3) is 11.4 Å². The van der Waals surface area contributed by atoms with Gasteiger partial charge in [0.05, 0.1) is 5.69 Å². The zero-order chi connectivity index (χ0) is 25.8. The Balaban J connectivity index is 1.36. The van der Waals surface area contributed by atoms with E-state index in [1.54, 1.807) is 18.5 Å². The molecule has 0 aliphatic carbocycles. The molecule has 0 bridgehead atoms. The molecule has 1 amide bonds. The van der Waals surface area contributed by atoms with Crippen LogP contribution in [-0.4, -0.2) is 38.8 Å². The number of aromatic nitrogens is 3. The number of carbonyl (C=O) groups excluding carboxylic acids is 1. The van der Waals surface area contributed by atoms with Crippen molar-refractivity contribution in [2.45, 2.75) is 33.6 Å². The number of amides is 1. The fourth-order valence-electron chi connectivity index (χ4n) is 4.55. The maximum absolute atomic E-state index is 13.1. The van der Waals surface area contributed by atoms with Crippen LogP contribution < -0.4 is 10.1 Å². The van der Waals surface area contributed by atoms with Crippen molar-refractivity contribution in [1.29, 1.82) is 0 Å². The third-order valence-electron chi connectivity index (χ3n) is 6.62. The summed E-state index contributed by atoms with van der Waals surface area (Å²) in [5.74, 6) is 2.47. The van der Waals surface area contributed by atoms with Gasteiger partial charge in [0.25, 0.3) is 5.91 Å². The molecule has 7 nitrogen and oxygen atoms in total. The Morgan fingerprint density at radius 3 is 2.73 bits per heavy atom. The number of hydrogen-bond acceptors (Lipinski definition) is 6. The predicted octanol–water partition coefficient (Wildman–Crippen LogP) is 6.56. The van der Waals surface area contributed by atoms with E-state index in [1.165, 1.54) is 6.42 Å². The Morgan fingerprint density at radius 2 is 1.92 bits per heavy atom. The number of carbonyl (C=O) groups is 1. The summed E-state index contributed by atoms with van der Waals surface area (Å²) < 4.78 is 6.29. The van der Waals surface area contributed by atoms with Gasteiger partial charge in [-0.25, -0.2) is 9.97 Å². The summed E-state index contributed by atoms with van der Waals surface area (Å²) in [4.78, 5) is 28.7. The number of aryl methyl sites for hydroxylation is 2. The zero-order valence-corrected chi connectivity index (χ0v) is 21.4. The predicted molar refractivity (Wildman–Crippen MR) is 145 cm³/mol. The van der Waals surface area contributed by atoms with E-state index in [9.17, 15) is 4.79 Å². The molecule has 1 aliphatic rings. The Hall–Kier alpha value is -4.26. The van der Waals surface area contributed by atoms with E-state index in [0.717, 1.165) is 42.1 Å². The van der Waals surface area contributed by atoms with Gasteiger partial charge in [0, 0.05) is 48.5 Å². The molecule has 37 heavy (non-hydrogen) atoms. The lowest BCUT2D eigenvalue weighted by molar-refractivity contribution is 0.0683. The van der Waals surface area contributed by atoms with Gasteiger partial charge in [0.2, 0.25) is 0 Å². The minimum Gasteiger partial charge on any atom is -0.455 e. The van der Waals surface area contributed by atoms with Gasteiger partial charge in [0.1, 0.15) is 17.3 Å². The standard InChI is InChI=1S/C30H31N5O2/c1-20-8-7-15-35(19-20)30(36)23-9-6-10-24(17-23)34-28-18-25(12-14-32-28)37-27-16-21(2)22(3)33-29(27)26-11-4-5-13-31-26/h4-6,9-14,16-18,20H,7-8,15,19H2,1-3H3,(H,32,34). The molecule has 1 saturated heterocycles. The van der Waals surface area contributed by atoms with Crippen molar-refractivity contribution in [1.82, 2.24) is 19.9 Å². The SMILES string of the molecule is Cc1cc(Oc2ccnc(Nc3cccc(C(=O)N4CCCC(C)C4)c3)c2)c(-c2ccccn2)nc1C. The Kier molecular flexibility index (Phi) is 7.12. The summed E-state index contributed by atoms with van der Waals surface area (Å²) in [5.41, 5.74) is 4.87. The van der Waals surface area contributed by atoms with E-state index in [2.05, 4.69) is 22.2 Å². The summed E-state index contributed by atoms with van der Waals surface area (Å²) in [6.45, 7) is 7.81. The number of nitrogens with zero attached hydrogens (tertiary/aromatic N) is 4. The molecule has 5 rings (SSSR count). The van der Waals surface area contributed by atoms with Gasteiger partial charge in [-0.2, -0.15) is 0 Å². The molecule has 1 aromatic carbocycles. The van der Waals surface area contributed by atoms with Crippen LogP contribution in [-0.2, 0) is 0 Å². The maximum atomic E-state index is 13.1. The summed E-state index contributed by atoms with van der Waals surface area (Å²) in [6.07, 6.45) is 5.67. The molecule has 1 aliphatic heterocycles. The number of anilines is 2. The lowest BCUT2D eigenvalue weighted by atomic mass is 9.99. The zero-order valence-electron chi connectivity index (χ0n) is 21.4. The monoisotopic (exact) mass is 493 g/mol. The molecule has 1 unspecified atom stereocenters. The second kappa shape index (κ2) is 10.8. The average Bonchev–Trinajstić information content (AvgIpc) is 2.91. The van der Waals surface area contributed by atoms with Gasteiger partial charge in [-0.3, -0.25) is 9.78 Å². The number of nitrogens with one attached hydrogen (secondary N) is 1. The van der Waals surface area contributed by atoms with Crippen molar-refractivity contribution < 1.29 is 9.53 Å². The van der Waals surface area contributed by atoms with E-state index < -0.39 is 0 Å². The first-order valence-corrected chi connectivity index (χ1v) is 12.7. The van der Waals surface area contributed by atoms with Gasteiger partial charge >= 0.3 is 0 Å². The molecule has 0 radical (unpaired) electrons. The highest BCUT2D eigenvalue weighted by Crippen LogP contribution is 2.33. The highest BCUT2D eigenvalue weighted by atomic mass is 16.5. The Bertz CT molecular complexity index is 1410. The lowest BCUT2D eigenvalue weighted by Crippen LogP contribution is -2.39. The van der Waals surface area contributed by atoms with Crippen molar-refractivity contribution >= 4 is 17.4 Å². The minimum absolute atomic E-state index is 0.0736. The van der Waals surface area contributed by atoms with Gasteiger partial charge in [0.15, 0.2) is 5.75 Å². The van der Waals surface area contributed by atoms with E-state index in [-0.39, 0.29) is 5.91 Å². The van der Waals surface area contributed by atoms with Crippen LogP contribution in [0.15, 0.2) is 73.1 Å². The van der Waals surface area contributed by atoms with Gasteiger partial charge < -0.3 is 15.0 Å². The number of ether oxygens (including phenoxy) is 1. The number of benzene rings is 1. The number of rotatable bonds is 6. The van der Waals surface area contributed by atoms with Crippen molar-refractivity contribution in [3.05, 3.63) is 89.9 Å². The van der Waals surface area contributed by atoms with E-state index in [0.29, 0.717) is 34.5 Å². The molecule has 7 heteroatoms. The fraction of sp³-hybridized carbons (Fsp3) is 0.267. The third-order valence-corrected chi connectivity index (χ3v) is 6.62. The molecular formula is C30H31N5O2. The average molecular weight is 494 g/mol. The van der Waals surface area contributed by atoms with Crippen LogP contribution in [0.2, 0.25) is 0 Å². The van der Waals surface area contributed by atoms with Gasteiger partial charge in [-0.15, -0.1) is 0 Å². The minimum atomic E-state index is 0.0736. The molecule has 0 saturated carbocycles.